The van der Waals surface area contributed by atoms with Crippen molar-refractivity contribution in [2.75, 3.05) is 17.2 Å². The lowest BCUT2D eigenvalue weighted by Gasteiger charge is -2.21. The van der Waals surface area contributed by atoms with E-state index >= 15 is 0 Å². The van der Waals surface area contributed by atoms with Crippen LogP contribution in [0.1, 0.15) is 62.2 Å². The average Bonchev–Trinajstić information content (AvgIpc) is 2.81. The van der Waals surface area contributed by atoms with Gasteiger partial charge in [-0.3, -0.25) is 14.9 Å². The third kappa shape index (κ3) is 7.82. The van der Waals surface area contributed by atoms with Crippen molar-refractivity contribution in [2.45, 2.75) is 51.9 Å². The molecule has 1 saturated carbocycles. The van der Waals surface area contributed by atoms with Crippen LogP contribution in [0.25, 0.3) is 0 Å². The summed E-state index contributed by atoms with van der Waals surface area (Å²) in [6.07, 6.45) is 7.35. The Morgan fingerprint density at radius 2 is 1.79 bits per heavy atom. The molecule has 0 spiro atoms. The first-order valence-corrected chi connectivity index (χ1v) is 12.6. The molecule has 33 heavy (non-hydrogen) atoms. The van der Waals surface area contributed by atoms with Crippen molar-refractivity contribution in [2.24, 2.45) is 5.92 Å². The summed E-state index contributed by atoms with van der Waals surface area (Å²) in [5.74, 6) is 0.525. The largest absolute Gasteiger partial charge is 0.492 e. The average molecular weight is 533 g/mol. The highest BCUT2D eigenvalue weighted by Gasteiger charge is 2.21. The molecule has 0 bridgehead atoms. The molecule has 0 saturated heterocycles. The number of ether oxygens (including phenoxy) is 1. The Morgan fingerprint density at radius 3 is 2.48 bits per heavy atom. The Hall–Kier alpha value is -2.45. The van der Waals surface area contributed by atoms with E-state index < -0.39 is 0 Å². The molecule has 1 fully saturated rings. The Morgan fingerprint density at radius 1 is 1.06 bits per heavy atom. The molecule has 1 aliphatic carbocycles. The van der Waals surface area contributed by atoms with Crippen LogP contribution in [0.4, 0.5) is 11.4 Å². The maximum absolute atomic E-state index is 12.6. The van der Waals surface area contributed by atoms with E-state index in [9.17, 15) is 9.59 Å². The molecule has 0 atom stereocenters. The molecule has 1 aliphatic rings. The first kappa shape index (κ1) is 25.2. The lowest BCUT2D eigenvalue weighted by atomic mass is 9.88. The van der Waals surface area contributed by atoms with Crippen molar-refractivity contribution in [3.63, 3.8) is 0 Å². The third-order valence-electron chi connectivity index (χ3n) is 5.54. The lowest BCUT2D eigenvalue weighted by molar-refractivity contribution is -0.120. The molecule has 3 rings (SSSR count). The SMILES string of the molecule is CCCCOc1ccc(C(=O)NC(=S)Nc2cccc(NC(=O)C3CCCCC3)c2)cc1Br. The number of anilines is 2. The molecule has 176 valence electrons. The number of benzene rings is 2. The normalized spacial score (nSPS) is 13.8. The minimum Gasteiger partial charge on any atom is -0.492 e. The Balaban J connectivity index is 1.53. The standard InChI is InChI=1S/C25H30BrN3O3S/c1-2-3-14-32-22-13-12-18(15-21(22)26)24(31)29-25(33)28-20-11-7-10-19(16-20)27-23(30)17-8-5-4-6-9-17/h7,10-13,15-17H,2-6,8-9,14H2,1H3,(H,27,30)(H2,28,29,31,33). The van der Waals surface area contributed by atoms with Crippen LogP contribution in [0.2, 0.25) is 0 Å². The van der Waals surface area contributed by atoms with Gasteiger partial charge in [0, 0.05) is 22.9 Å². The van der Waals surface area contributed by atoms with Crippen molar-refractivity contribution in [3.8, 4) is 5.75 Å². The molecule has 0 heterocycles. The predicted octanol–water partition coefficient (Wildman–Crippen LogP) is 6.27. The summed E-state index contributed by atoms with van der Waals surface area (Å²) in [7, 11) is 0. The zero-order valence-corrected chi connectivity index (χ0v) is 21.2. The zero-order chi connectivity index (χ0) is 23.6. The fourth-order valence-electron chi connectivity index (χ4n) is 3.71. The summed E-state index contributed by atoms with van der Waals surface area (Å²) in [5.41, 5.74) is 1.84. The second-order valence-corrected chi connectivity index (χ2v) is 9.42. The fraction of sp³-hybridized carbons (Fsp3) is 0.400. The van der Waals surface area contributed by atoms with Gasteiger partial charge in [-0.1, -0.05) is 38.7 Å². The van der Waals surface area contributed by atoms with Crippen LogP contribution >= 0.6 is 28.1 Å². The number of unbranched alkanes of at least 4 members (excludes halogenated alkanes) is 1. The minimum atomic E-state index is -0.324. The zero-order valence-electron chi connectivity index (χ0n) is 18.8. The van der Waals surface area contributed by atoms with Crippen molar-refractivity contribution in [3.05, 3.63) is 52.5 Å². The van der Waals surface area contributed by atoms with E-state index in [1.165, 1.54) is 6.42 Å². The van der Waals surface area contributed by atoms with E-state index in [4.69, 9.17) is 17.0 Å². The molecule has 0 unspecified atom stereocenters. The summed E-state index contributed by atoms with van der Waals surface area (Å²) in [4.78, 5) is 25.1. The number of nitrogens with one attached hydrogen (secondary N) is 3. The number of hydrogen-bond acceptors (Lipinski definition) is 4. The second-order valence-electron chi connectivity index (χ2n) is 8.16. The van der Waals surface area contributed by atoms with Crippen molar-refractivity contribution >= 4 is 56.4 Å². The predicted molar refractivity (Wildman–Crippen MR) is 140 cm³/mol. The van der Waals surface area contributed by atoms with E-state index in [2.05, 4.69) is 38.8 Å². The van der Waals surface area contributed by atoms with Gasteiger partial charge in [-0.05, 0) is 83.8 Å². The van der Waals surface area contributed by atoms with E-state index in [-0.39, 0.29) is 22.8 Å². The topological polar surface area (TPSA) is 79.5 Å². The molecule has 3 N–H and O–H groups in total. The molecule has 2 amide bonds. The summed E-state index contributed by atoms with van der Waals surface area (Å²) in [6.45, 7) is 2.74. The van der Waals surface area contributed by atoms with Crippen LogP contribution in [0, 0.1) is 5.92 Å². The van der Waals surface area contributed by atoms with Gasteiger partial charge in [0.2, 0.25) is 5.91 Å². The highest BCUT2D eigenvalue weighted by atomic mass is 79.9. The number of thiocarbonyl (C=S) groups is 1. The highest BCUT2D eigenvalue weighted by molar-refractivity contribution is 9.10. The van der Waals surface area contributed by atoms with Crippen LogP contribution in [0.15, 0.2) is 46.9 Å². The molecule has 0 radical (unpaired) electrons. The van der Waals surface area contributed by atoms with Gasteiger partial charge < -0.3 is 15.4 Å². The van der Waals surface area contributed by atoms with Gasteiger partial charge in [-0.2, -0.15) is 0 Å². The Bertz CT molecular complexity index is 993. The number of amides is 2. The molecular weight excluding hydrogens is 502 g/mol. The van der Waals surface area contributed by atoms with Crippen LogP contribution in [-0.4, -0.2) is 23.5 Å². The van der Waals surface area contributed by atoms with Crippen molar-refractivity contribution in [1.82, 2.24) is 5.32 Å². The second kappa shape index (κ2) is 12.7. The number of carbonyl (C=O) groups is 2. The van der Waals surface area contributed by atoms with Gasteiger partial charge in [-0.15, -0.1) is 0 Å². The van der Waals surface area contributed by atoms with Gasteiger partial charge in [-0.25, -0.2) is 0 Å². The van der Waals surface area contributed by atoms with Crippen LogP contribution in [0.3, 0.4) is 0 Å². The summed E-state index contributed by atoms with van der Waals surface area (Å²) in [6, 6.07) is 12.5. The van der Waals surface area contributed by atoms with Gasteiger partial charge in [0.25, 0.3) is 5.91 Å². The first-order valence-electron chi connectivity index (χ1n) is 11.4. The number of rotatable bonds is 8. The van der Waals surface area contributed by atoms with Crippen LogP contribution in [-0.2, 0) is 4.79 Å². The lowest BCUT2D eigenvalue weighted by Crippen LogP contribution is -2.34. The van der Waals surface area contributed by atoms with E-state index in [1.807, 2.05) is 18.2 Å². The molecule has 2 aromatic rings. The highest BCUT2D eigenvalue weighted by Crippen LogP contribution is 2.27. The van der Waals surface area contributed by atoms with E-state index in [1.54, 1.807) is 24.3 Å². The Kier molecular flexibility index (Phi) is 9.69. The maximum atomic E-state index is 12.6. The molecule has 0 aromatic heterocycles. The molecule has 8 heteroatoms. The van der Waals surface area contributed by atoms with Crippen molar-refractivity contribution in [1.29, 1.82) is 0 Å². The number of hydrogen-bond donors (Lipinski definition) is 3. The molecular formula is C25H30BrN3O3S. The summed E-state index contributed by atoms with van der Waals surface area (Å²) < 4.78 is 6.42. The first-order chi connectivity index (χ1) is 16.0. The summed E-state index contributed by atoms with van der Waals surface area (Å²) >= 11 is 8.76. The number of carbonyl (C=O) groups excluding carboxylic acids is 2. The number of halogens is 1. The molecule has 0 aliphatic heterocycles. The quantitative estimate of drug-likeness (QED) is 0.276. The third-order valence-corrected chi connectivity index (χ3v) is 6.36. The minimum absolute atomic E-state index is 0.0652. The summed E-state index contributed by atoms with van der Waals surface area (Å²) in [5, 5.41) is 8.87. The van der Waals surface area contributed by atoms with Crippen LogP contribution in [0.5, 0.6) is 5.75 Å². The Labute approximate surface area is 209 Å². The molecule has 6 nitrogen and oxygen atoms in total. The smallest absolute Gasteiger partial charge is 0.257 e. The fourth-order valence-corrected chi connectivity index (χ4v) is 4.41. The van der Waals surface area contributed by atoms with Gasteiger partial charge in [0.15, 0.2) is 5.11 Å². The maximum Gasteiger partial charge on any atom is 0.257 e. The van der Waals surface area contributed by atoms with Crippen LogP contribution < -0.4 is 20.7 Å². The van der Waals surface area contributed by atoms with Crippen molar-refractivity contribution < 1.29 is 14.3 Å². The van der Waals surface area contributed by atoms with E-state index in [0.29, 0.717) is 33.8 Å². The molecule has 2 aromatic carbocycles. The van der Waals surface area contributed by atoms with Gasteiger partial charge in [0.1, 0.15) is 5.75 Å². The monoisotopic (exact) mass is 531 g/mol. The van der Waals surface area contributed by atoms with Gasteiger partial charge in [0.05, 0.1) is 11.1 Å². The van der Waals surface area contributed by atoms with Gasteiger partial charge >= 0.3 is 0 Å². The van der Waals surface area contributed by atoms with E-state index in [0.717, 1.165) is 38.5 Å².